The predicted octanol–water partition coefficient (Wildman–Crippen LogP) is 10.3. The molecule has 1 amide bonds. The minimum atomic E-state index is 0.0729. The van der Waals surface area contributed by atoms with Crippen LogP contribution in [0.3, 0.4) is 0 Å². The van der Waals surface area contributed by atoms with E-state index >= 15 is 0 Å². The Labute approximate surface area is 273 Å². The fourth-order valence-electron chi connectivity index (χ4n) is 4.23. The number of nitrogens with two attached hydrogens (primary N) is 1. The summed E-state index contributed by atoms with van der Waals surface area (Å²) in [4.78, 5) is 12.3. The summed E-state index contributed by atoms with van der Waals surface area (Å²) in [5, 5.41) is 13.9. The number of anilines is 1. The Kier molecular flexibility index (Phi) is 34.3. The van der Waals surface area contributed by atoms with E-state index in [1.165, 1.54) is 36.8 Å². The van der Waals surface area contributed by atoms with Gasteiger partial charge in [0.2, 0.25) is 5.91 Å². The molecule has 0 bridgehead atoms. The van der Waals surface area contributed by atoms with Gasteiger partial charge in [0, 0.05) is 31.1 Å². The Hall–Kier alpha value is -2.81. The number of nitrogens with one attached hydrogen (secondary N) is 2. The number of aliphatic hydroxyl groups is 1. The Balaban J connectivity index is -0.00000147. The zero-order valence-electron chi connectivity index (χ0n) is 30.4. The number of benzene rings is 1. The van der Waals surface area contributed by atoms with Gasteiger partial charge in [0.25, 0.3) is 0 Å². The number of amides is 1. The van der Waals surface area contributed by atoms with Crippen molar-refractivity contribution in [2.24, 2.45) is 17.6 Å². The topological polar surface area (TPSA) is 87.4 Å². The van der Waals surface area contributed by atoms with E-state index in [1.54, 1.807) is 13.0 Å². The van der Waals surface area contributed by atoms with Crippen LogP contribution in [0.1, 0.15) is 133 Å². The molecule has 0 saturated carbocycles. The standard InChI is InChI=1S/C30H49N3O.C4H10.C3H4O.C2H6/c1-7-11-27(18-13-23(5)31)28(12-8-2)21-25(22-32-6)15-14-24-16-19-29(20-17-24)33-30(34)26(9-3)10-4;1-3-4-2;1-2-3-4;1-2/h12,14-17,19-21,23,26-27,32H,7-11,13,18,22,31H2,1-6H3,(H,33,34);3-4H2,1-2H3;4H,1H3;1-2H3/b15-14+,25-21-,28-12+;;;. The van der Waals surface area contributed by atoms with Gasteiger partial charge in [-0.3, -0.25) is 4.79 Å². The molecule has 0 fully saturated rings. The van der Waals surface area contributed by atoms with Crippen LogP contribution in [0.25, 0.3) is 6.08 Å². The van der Waals surface area contributed by atoms with Gasteiger partial charge in [0.1, 0.15) is 6.11 Å². The Morgan fingerprint density at radius 2 is 1.50 bits per heavy atom. The second-order valence-corrected chi connectivity index (χ2v) is 10.7. The zero-order chi connectivity index (χ0) is 34.2. The number of allylic oxidation sites excluding steroid dienone is 3. The van der Waals surface area contributed by atoms with Gasteiger partial charge in [-0.2, -0.15) is 0 Å². The molecule has 44 heavy (non-hydrogen) atoms. The van der Waals surface area contributed by atoms with Crippen molar-refractivity contribution in [3.05, 3.63) is 59.2 Å². The maximum atomic E-state index is 12.3. The van der Waals surface area contributed by atoms with Crippen LogP contribution in [0.15, 0.2) is 53.6 Å². The van der Waals surface area contributed by atoms with Crippen LogP contribution in [0.5, 0.6) is 0 Å². The van der Waals surface area contributed by atoms with Crippen molar-refractivity contribution in [3.63, 3.8) is 0 Å². The van der Waals surface area contributed by atoms with Crippen LogP contribution in [0.4, 0.5) is 5.69 Å². The predicted molar refractivity (Wildman–Crippen MR) is 197 cm³/mol. The highest BCUT2D eigenvalue weighted by Gasteiger charge is 2.14. The molecule has 2 unspecified atom stereocenters. The number of hydrogen-bond donors (Lipinski definition) is 4. The summed E-state index contributed by atoms with van der Waals surface area (Å²) in [6, 6.07) is 8.32. The highest BCUT2D eigenvalue weighted by molar-refractivity contribution is 5.92. The van der Waals surface area contributed by atoms with Gasteiger partial charge < -0.3 is 21.5 Å². The van der Waals surface area contributed by atoms with Crippen molar-refractivity contribution in [3.8, 4) is 12.0 Å². The summed E-state index contributed by atoms with van der Waals surface area (Å²) >= 11 is 0. The molecule has 0 radical (unpaired) electrons. The number of hydrogen-bond acceptors (Lipinski definition) is 4. The minimum Gasteiger partial charge on any atom is -0.462 e. The molecular weight excluding hydrogens is 542 g/mol. The number of carbonyl (C=O) groups excluding carboxylic acids is 1. The molecule has 5 N–H and O–H groups in total. The van der Waals surface area contributed by atoms with E-state index in [0.717, 1.165) is 49.9 Å². The number of likely N-dealkylation sites (N-methyl/N-ethyl adjacent to an activating group) is 1. The average molecular weight is 612 g/mol. The smallest absolute Gasteiger partial charge is 0.227 e. The molecule has 0 spiro atoms. The van der Waals surface area contributed by atoms with Gasteiger partial charge in [-0.15, -0.1) is 0 Å². The van der Waals surface area contributed by atoms with Crippen molar-refractivity contribution in [1.29, 1.82) is 0 Å². The van der Waals surface area contributed by atoms with E-state index in [2.05, 4.69) is 101 Å². The second kappa shape index (κ2) is 33.1. The van der Waals surface area contributed by atoms with Gasteiger partial charge in [0.05, 0.1) is 0 Å². The lowest BCUT2D eigenvalue weighted by atomic mass is 9.87. The molecule has 0 aromatic heterocycles. The third-order valence-corrected chi connectivity index (χ3v) is 6.89. The van der Waals surface area contributed by atoms with Crippen LogP contribution < -0.4 is 16.4 Å². The van der Waals surface area contributed by atoms with Crippen LogP contribution in [-0.2, 0) is 4.79 Å². The molecular formula is C39H69N3O2. The maximum Gasteiger partial charge on any atom is 0.227 e. The second-order valence-electron chi connectivity index (χ2n) is 10.7. The lowest BCUT2D eigenvalue weighted by molar-refractivity contribution is -0.120. The molecule has 1 aromatic carbocycles. The minimum absolute atomic E-state index is 0.0729. The molecule has 0 aliphatic carbocycles. The van der Waals surface area contributed by atoms with Crippen molar-refractivity contribution in [2.45, 2.75) is 133 Å². The molecule has 252 valence electrons. The summed E-state index contributed by atoms with van der Waals surface area (Å²) in [6.45, 7) is 21.4. The third-order valence-electron chi connectivity index (χ3n) is 6.89. The van der Waals surface area contributed by atoms with E-state index in [9.17, 15) is 4.79 Å². The largest absolute Gasteiger partial charge is 0.462 e. The lowest BCUT2D eigenvalue weighted by Crippen LogP contribution is -2.21. The fraction of sp³-hybridized carbons (Fsp3) is 0.615. The first-order chi connectivity index (χ1) is 21.2. The SMILES string of the molecule is CC.CC#CO.CCCC.CC\C=C(/C=C(/C=C/c1ccc(NC(=O)C(CC)CC)cc1)CNC)C(CCC)CCC(C)N. The van der Waals surface area contributed by atoms with E-state index in [1.807, 2.05) is 33.0 Å². The number of aliphatic hydroxyl groups excluding tert-OH is 1. The number of unbranched alkanes of at least 4 members (excludes halogenated alkanes) is 1. The molecule has 0 aliphatic heterocycles. The lowest BCUT2D eigenvalue weighted by Gasteiger charge is -2.20. The summed E-state index contributed by atoms with van der Waals surface area (Å²) < 4.78 is 0. The van der Waals surface area contributed by atoms with Crippen LogP contribution >= 0.6 is 0 Å². The zero-order valence-corrected chi connectivity index (χ0v) is 30.4. The Morgan fingerprint density at radius 3 is 1.91 bits per heavy atom. The molecule has 0 saturated heterocycles. The normalized spacial score (nSPS) is 12.4. The number of carbonyl (C=O) groups is 1. The highest BCUT2D eigenvalue weighted by atomic mass is 16.2. The Bertz CT molecular complexity index is 938. The summed E-state index contributed by atoms with van der Waals surface area (Å²) in [7, 11) is 1.99. The molecule has 5 nitrogen and oxygen atoms in total. The van der Waals surface area contributed by atoms with Gasteiger partial charge in [0.15, 0.2) is 0 Å². The summed E-state index contributed by atoms with van der Waals surface area (Å²) in [5.74, 6) is 2.96. The van der Waals surface area contributed by atoms with Crippen LogP contribution in [-0.4, -0.2) is 30.6 Å². The van der Waals surface area contributed by atoms with E-state index < -0.39 is 0 Å². The highest BCUT2D eigenvalue weighted by Crippen LogP contribution is 2.26. The molecule has 5 heteroatoms. The quantitative estimate of drug-likeness (QED) is 0.104. The van der Waals surface area contributed by atoms with E-state index in [0.29, 0.717) is 5.92 Å². The summed E-state index contributed by atoms with van der Waals surface area (Å²) in [6.07, 6.45) is 20.7. The third kappa shape index (κ3) is 24.6. The van der Waals surface area contributed by atoms with Crippen molar-refractivity contribution < 1.29 is 9.90 Å². The van der Waals surface area contributed by atoms with E-state index in [4.69, 9.17) is 10.8 Å². The first-order valence-electron chi connectivity index (χ1n) is 17.2. The molecule has 0 heterocycles. The molecule has 0 aliphatic rings. The van der Waals surface area contributed by atoms with Gasteiger partial charge >= 0.3 is 0 Å². The number of rotatable bonds is 17. The van der Waals surface area contributed by atoms with Gasteiger partial charge in [-0.25, -0.2) is 0 Å². The van der Waals surface area contributed by atoms with Crippen molar-refractivity contribution in [1.82, 2.24) is 5.32 Å². The average Bonchev–Trinajstić information content (AvgIpc) is 3.04. The monoisotopic (exact) mass is 612 g/mol. The first kappa shape index (κ1) is 45.6. The van der Waals surface area contributed by atoms with E-state index in [-0.39, 0.29) is 17.9 Å². The van der Waals surface area contributed by atoms with Crippen LogP contribution in [0, 0.1) is 23.9 Å². The van der Waals surface area contributed by atoms with Crippen molar-refractivity contribution >= 4 is 17.7 Å². The molecule has 1 rings (SSSR count). The fourth-order valence-corrected chi connectivity index (χ4v) is 4.23. The molecule has 1 aromatic rings. The van der Waals surface area contributed by atoms with Gasteiger partial charge in [-0.1, -0.05) is 117 Å². The van der Waals surface area contributed by atoms with Crippen molar-refractivity contribution in [2.75, 3.05) is 18.9 Å². The first-order valence-corrected chi connectivity index (χ1v) is 17.2. The Morgan fingerprint density at radius 1 is 0.932 bits per heavy atom. The summed E-state index contributed by atoms with van der Waals surface area (Å²) in [5.41, 5.74) is 10.7. The van der Waals surface area contributed by atoms with Gasteiger partial charge in [-0.05, 0) is 87.3 Å². The van der Waals surface area contributed by atoms with Crippen LogP contribution in [0.2, 0.25) is 0 Å². The maximum absolute atomic E-state index is 12.3. The molecule has 2 atom stereocenters.